The van der Waals surface area contributed by atoms with Crippen LogP contribution in [0.2, 0.25) is 0 Å². The molecule has 0 saturated carbocycles. The molecular formula is C40H26. The van der Waals surface area contributed by atoms with E-state index in [0.29, 0.717) is 0 Å². The highest BCUT2D eigenvalue weighted by molar-refractivity contribution is 6.08. The van der Waals surface area contributed by atoms with E-state index in [9.17, 15) is 0 Å². The maximum atomic E-state index is 2.38. The molecule has 0 N–H and O–H groups in total. The van der Waals surface area contributed by atoms with Gasteiger partial charge < -0.3 is 0 Å². The van der Waals surface area contributed by atoms with Gasteiger partial charge in [-0.15, -0.1) is 0 Å². The fourth-order valence-electron chi connectivity index (χ4n) is 6.11. The van der Waals surface area contributed by atoms with Gasteiger partial charge in [-0.25, -0.2) is 0 Å². The molecule has 0 aromatic heterocycles. The van der Waals surface area contributed by atoms with Crippen LogP contribution in [0.15, 0.2) is 158 Å². The van der Waals surface area contributed by atoms with Crippen LogP contribution in [0.3, 0.4) is 0 Å². The molecule has 8 aromatic carbocycles. The topological polar surface area (TPSA) is 0 Å². The Balaban J connectivity index is 1.37. The summed E-state index contributed by atoms with van der Waals surface area (Å²) in [7, 11) is 0. The molecule has 0 amide bonds. The summed E-state index contributed by atoms with van der Waals surface area (Å²) >= 11 is 0. The molecule has 0 atom stereocenters. The molecule has 0 nitrogen and oxygen atoms in total. The van der Waals surface area contributed by atoms with Crippen LogP contribution < -0.4 is 0 Å². The Morgan fingerprint density at radius 3 is 1.12 bits per heavy atom. The van der Waals surface area contributed by atoms with Gasteiger partial charge in [-0.2, -0.15) is 0 Å². The van der Waals surface area contributed by atoms with Crippen molar-refractivity contribution in [1.82, 2.24) is 0 Å². The lowest BCUT2D eigenvalue weighted by atomic mass is 9.89. The number of hydrogen-bond acceptors (Lipinski definition) is 0. The van der Waals surface area contributed by atoms with Crippen LogP contribution in [0, 0.1) is 0 Å². The zero-order valence-corrected chi connectivity index (χ0v) is 22.0. The van der Waals surface area contributed by atoms with E-state index in [1.165, 1.54) is 76.5 Å². The summed E-state index contributed by atoms with van der Waals surface area (Å²) in [6.45, 7) is 0. The van der Waals surface area contributed by atoms with Crippen molar-refractivity contribution in [3.63, 3.8) is 0 Å². The van der Waals surface area contributed by atoms with Crippen molar-refractivity contribution in [3.05, 3.63) is 158 Å². The number of fused-ring (bicyclic) bond motifs is 4. The van der Waals surface area contributed by atoms with Crippen LogP contribution in [0.4, 0.5) is 0 Å². The van der Waals surface area contributed by atoms with Crippen LogP contribution in [-0.2, 0) is 0 Å². The molecule has 0 saturated heterocycles. The predicted octanol–water partition coefficient (Wildman–Crippen LogP) is 11.3. The Kier molecular flexibility index (Phi) is 5.24. The summed E-state index contributed by atoms with van der Waals surface area (Å²) in [5.74, 6) is 0. The van der Waals surface area contributed by atoms with E-state index in [2.05, 4.69) is 158 Å². The van der Waals surface area contributed by atoms with Crippen molar-refractivity contribution in [2.24, 2.45) is 0 Å². The van der Waals surface area contributed by atoms with Gasteiger partial charge >= 0.3 is 0 Å². The molecule has 0 heteroatoms. The Morgan fingerprint density at radius 1 is 0.225 bits per heavy atom. The van der Waals surface area contributed by atoms with Gasteiger partial charge in [0.15, 0.2) is 0 Å². The molecule has 186 valence electrons. The van der Waals surface area contributed by atoms with Crippen molar-refractivity contribution in [2.45, 2.75) is 0 Å². The molecule has 0 fully saturated rings. The van der Waals surface area contributed by atoms with Gasteiger partial charge in [-0.3, -0.25) is 0 Å². The second-order valence-electron chi connectivity index (χ2n) is 10.6. The van der Waals surface area contributed by atoms with Crippen molar-refractivity contribution in [1.29, 1.82) is 0 Å². The van der Waals surface area contributed by atoms with Gasteiger partial charge in [-0.1, -0.05) is 133 Å². The van der Waals surface area contributed by atoms with Gasteiger partial charge in [0.05, 0.1) is 0 Å². The fraction of sp³-hybridized carbons (Fsp3) is 0. The molecule has 40 heavy (non-hydrogen) atoms. The van der Waals surface area contributed by atoms with Crippen LogP contribution in [0.1, 0.15) is 0 Å². The minimum absolute atomic E-state index is 1.23. The van der Waals surface area contributed by atoms with E-state index < -0.39 is 0 Å². The van der Waals surface area contributed by atoms with Gasteiger partial charge in [0, 0.05) is 0 Å². The standard InChI is InChI=1S/C40H26/c1-4-10-30-23-33(16-13-27(30)7-1)34-19-20-39-37(35-17-14-28-8-2-5-11-31(28)24-35)21-22-38(40(39)26-34)36-18-15-29-9-3-6-12-32(29)25-36/h1-26H. The lowest BCUT2D eigenvalue weighted by molar-refractivity contribution is 1.64. The van der Waals surface area contributed by atoms with Gasteiger partial charge in [0.1, 0.15) is 0 Å². The zero-order chi connectivity index (χ0) is 26.5. The molecule has 0 radical (unpaired) electrons. The highest BCUT2D eigenvalue weighted by Gasteiger charge is 2.13. The molecular weight excluding hydrogens is 480 g/mol. The molecule has 0 bridgehead atoms. The van der Waals surface area contributed by atoms with E-state index in [1.54, 1.807) is 0 Å². The molecule has 0 unspecified atom stereocenters. The molecule has 0 aliphatic carbocycles. The Labute approximate surface area is 233 Å². The molecule has 0 aliphatic heterocycles. The molecule has 8 rings (SSSR count). The second kappa shape index (κ2) is 9.22. The zero-order valence-electron chi connectivity index (χ0n) is 22.0. The number of hydrogen-bond donors (Lipinski definition) is 0. The van der Waals surface area contributed by atoms with Crippen molar-refractivity contribution >= 4 is 43.1 Å². The average Bonchev–Trinajstić information content (AvgIpc) is 3.03. The summed E-state index contributed by atoms with van der Waals surface area (Å²) in [4.78, 5) is 0. The normalized spacial score (nSPS) is 11.5. The first-order valence-electron chi connectivity index (χ1n) is 13.8. The first-order chi connectivity index (χ1) is 19.8. The minimum atomic E-state index is 1.23. The first-order valence-corrected chi connectivity index (χ1v) is 13.8. The second-order valence-corrected chi connectivity index (χ2v) is 10.6. The quantitative estimate of drug-likeness (QED) is 0.223. The monoisotopic (exact) mass is 506 g/mol. The Morgan fingerprint density at radius 2 is 0.600 bits per heavy atom. The highest BCUT2D eigenvalue weighted by Crippen LogP contribution is 2.39. The third kappa shape index (κ3) is 3.85. The van der Waals surface area contributed by atoms with Gasteiger partial charge in [0.2, 0.25) is 0 Å². The highest BCUT2D eigenvalue weighted by atomic mass is 14.2. The van der Waals surface area contributed by atoms with Crippen LogP contribution in [0.25, 0.3) is 76.5 Å². The van der Waals surface area contributed by atoms with E-state index in [4.69, 9.17) is 0 Å². The molecule has 0 aliphatic rings. The van der Waals surface area contributed by atoms with Crippen LogP contribution >= 0.6 is 0 Å². The third-order valence-electron chi connectivity index (χ3n) is 8.22. The summed E-state index contributed by atoms with van der Waals surface area (Å²) < 4.78 is 0. The minimum Gasteiger partial charge on any atom is -0.0616 e. The Bertz CT molecular complexity index is 2220. The van der Waals surface area contributed by atoms with E-state index in [1.807, 2.05) is 0 Å². The largest absolute Gasteiger partial charge is 0.0616 e. The van der Waals surface area contributed by atoms with E-state index >= 15 is 0 Å². The molecule has 0 heterocycles. The van der Waals surface area contributed by atoms with Crippen LogP contribution in [-0.4, -0.2) is 0 Å². The lowest BCUT2D eigenvalue weighted by Crippen LogP contribution is -1.89. The SMILES string of the molecule is c1ccc2cc(-c3ccc4c(-c5ccc6ccccc6c5)ccc(-c5ccc6ccccc6c5)c4c3)ccc2c1. The maximum absolute atomic E-state index is 2.38. The fourth-order valence-corrected chi connectivity index (χ4v) is 6.11. The van der Waals surface area contributed by atoms with Crippen molar-refractivity contribution in [2.75, 3.05) is 0 Å². The van der Waals surface area contributed by atoms with Crippen LogP contribution in [0.5, 0.6) is 0 Å². The van der Waals surface area contributed by atoms with E-state index in [0.717, 1.165) is 0 Å². The number of rotatable bonds is 3. The lowest BCUT2D eigenvalue weighted by Gasteiger charge is -2.15. The van der Waals surface area contributed by atoms with Crippen molar-refractivity contribution in [3.8, 4) is 33.4 Å². The van der Waals surface area contributed by atoms with Gasteiger partial charge in [-0.05, 0) is 101 Å². The molecule has 8 aromatic rings. The third-order valence-corrected chi connectivity index (χ3v) is 8.22. The average molecular weight is 507 g/mol. The summed E-state index contributed by atoms with van der Waals surface area (Å²) in [5.41, 5.74) is 7.47. The first kappa shape index (κ1) is 22.8. The number of benzene rings is 8. The summed E-state index contributed by atoms with van der Waals surface area (Å²) in [6.07, 6.45) is 0. The smallest absolute Gasteiger partial charge is 0.00930 e. The van der Waals surface area contributed by atoms with E-state index in [-0.39, 0.29) is 0 Å². The van der Waals surface area contributed by atoms with Gasteiger partial charge in [0.25, 0.3) is 0 Å². The summed E-state index contributed by atoms with van der Waals surface area (Å²) in [5, 5.41) is 10.1. The summed E-state index contributed by atoms with van der Waals surface area (Å²) in [6, 6.07) is 57.7. The maximum Gasteiger partial charge on any atom is -0.00930 e. The molecule has 0 spiro atoms. The van der Waals surface area contributed by atoms with Crippen molar-refractivity contribution < 1.29 is 0 Å². The predicted molar refractivity (Wildman–Crippen MR) is 173 cm³/mol. The Hall–Kier alpha value is -5.20.